The number of anilines is 3. The van der Waals surface area contributed by atoms with Gasteiger partial charge in [0.15, 0.2) is 15.7 Å². The van der Waals surface area contributed by atoms with Gasteiger partial charge in [0, 0.05) is 17.6 Å². The Bertz CT molecular complexity index is 1020. The van der Waals surface area contributed by atoms with Crippen LogP contribution in [0.25, 0.3) is 10.9 Å². The molecule has 8 nitrogen and oxygen atoms in total. The van der Waals surface area contributed by atoms with Gasteiger partial charge < -0.3 is 10.6 Å². The summed E-state index contributed by atoms with van der Waals surface area (Å²) in [7, 11) is -2.95. The highest BCUT2D eigenvalue weighted by atomic mass is 32.2. The molecule has 2 N–H and O–H groups in total. The van der Waals surface area contributed by atoms with Gasteiger partial charge in [-0.3, -0.25) is 4.98 Å². The summed E-state index contributed by atoms with van der Waals surface area (Å²) in [5.74, 6) is 1.14. The van der Waals surface area contributed by atoms with Crippen molar-refractivity contribution in [1.82, 2.24) is 20.2 Å². The van der Waals surface area contributed by atoms with Gasteiger partial charge in [-0.25, -0.2) is 8.42 Å². The molecule has 1 saturated heterocycles. The summed E-state index contributed by atoms with van der Waals surface area (Å²) in [4.78, 5) is 8.75. The van der Waals surface area contributed by atoms with E-state index in [0.717, 1.165) is 16.6 Å². The zero-order valence-electron chi connectivity index (χ0n) is 13.3. The van der Waals surface area contributed by atoms with Gasteiger partial charge >= 0.3 is 0 Å². The molecule has 128 valence electrons. The SMILES string of the molecule is O=S1(=O)CCC(Nc2cnnc(Nc3cccc4cccnc34)n2)C1. The minimum atomic E-state index is -2.95. The van der Waals surface area contributed by atoms with Gasteiger partial charge in [-0.1, -0.05) is 18.2 Å². The molecule has 0 amide bonds. The first-order valence-corrected chi connectivity index (χ1v) is 9.69. The first-order chi connectivity index (χ1) is 12.1. The van der Waals surface area contributed by atoms with Crippen molar-refractivity contribution in [3.63, 3.8) is 0 Å². The average Bonchev–Trinajstić information content (AvgIpc) is 2.94. The largest absolute Gasteiger partial charge is 0.365 e. The molecule has 3 heterocycles. The van der Waals surface area contributed by atoms with Crippen molar-refractivity contribution in [3.05, 3.63) is 42.7 Å². The number of hydrogen-bond donors (Lipinski definition) is 2. The Morgan fingerprint density at radius 2 is 2.04 bits per heavy atom. The summed E-state index contributed by atoms with van der Waals surface area (Å²) < 4.78 is 23.1. The molecule has 0 bridgehead atoms. The van der Waals surface area contributed by atoms with Crippen molar-refractivity contribution in [1.29, 1.82) is 0 Å². The Hall–Kier alpha value is -2.81. The number of sulfone groups is 1. The Kier molecular flexibility index (Phi) is 3.92. The lowest BCUT2D eigenvalue weighted by Gasteiger charge is -2.12. The monoisotopic (exact) mass is 356 g/mol. The van der Waals surface area contributed by atoms with Crippen molar-refractivity contribution in [2.45, 2.75) is 12.5 Å². The van der Waals surface area contributed by atoms with Gasteiger partial charge in [0.05, 0.1) is 28.9 Å². The van der Waals surface area contributed by atoms with Crippen LogP contribution in [0.15, 0.2) is 42.7 Å². The van der Waals surface area contributed by atoms with Crippen LogP contribution in [0.5, 0.6) is 0 Å². The van der Waals surface area contributed by atoms with Gasteiger partial charge in [-0.2, -0.15) is 10.1 Å². The number of hydrogen-bond acceptors (Lipinski definition) is 8. The molecule has 0 radical (unpaired) electrons. The highest BCUT2D eigenvalue weighted by Crippen LogP contribution is 2.23. The number of benzene rings is 1. The first-order valence-electron chi connectivity index (χ1n) is 7.86. The predicted molar refractivity (Wildman–Crippen MR) is 95.5 cm³/mol. The maximum Gasteiger partial charge on any atom is 0.249 e. The third-order valence-electron chi connectivity index (χ3n) is 4.02. The number of fused-ring (bicyclic) bond motifs is 1. The second-order valence-corrected chi connectivity index (χ2v) is 8.14. The summed E-state index contributed by atoms with van der Waals surface area (Å²) in [6, 6.07) is 9.50. The number of aromatic nitrogens is 4. The second-order valence-electron chi connectivity index (χ2n) is 5.92. The van der Waals surface area contributed by atoms with Crippen molar-refractivity contribution in [3.8, 4) is 0 Å². The lowest BCUT2D eigenvalue weighted by Crippen LogP contribution is -2.21. The van der Waals surface area contributed by atoms with Crippen LogP contribution < -0.4 is 10.6 Å². The average molecular weight is 356 g/mol. The van der Waals surface area contributed by atoms with Crippen molar-refractivity contribution < 1.29 is 8.42 Å². The number of pyridine rings is 1. The highest BCUT2D eigenvalue weighted by Gasteiger charge is 2.28. The molecule has 25 heavy (non-hydrogen) atoms. The van der Waals surface area contributed by atoms with Crippen LogP contribution in [0.2, 0.25) is 0 Å². The van der Waals surface area contributed by atoms with Crippen LogP contribution in [-0.2, 0) is 9.84 Å². The van der Waals surface area contributed by atoms with Gasteiger partial charge in [0.1, 0.15) is 0 Å². The van der Waals surface area contributed by atoms with E-state index >= 15 is 0 Å². The number of nitrogens with one attached hydrogen (secondary N) is 2. The van der Waals surface area contributed by atoms with Crippen LogP contribution in [-0.4, -0.2) is 46.1 Å². The van der Waals surface area contributed by atoms with Gasteiger partial charge in [-0.05, 0) is 18.6 Å². The normalized spacial score (nSPS) is 19.0. The maximum atomic E-state index is 11.6. The van der Waals surface area contributed by atoms with Crippen LogP contribution in [0.1, 0.15) is 6.42 Å². The third-order valence-corrected chi connectivity index (χ3v) is 5.79. The second kappa shape index (κ2) is 6.25. The molecule has 1 aliphatic rings. The van der Waals surface area contributed by atoms with Crippen molar-refractivity contribution in [2.24, 2.45) is 0 Å². The lowest BCUT2D eigenvalue weighted by atomic mass is 10.2. The number of nitrogens with zero attached hydrogens (tertiary/aromatic N) is 4. The van der Waals surface area contributed by atoms with Crippen LogP contribution in [0, 0.1) is 0 Å². The molecule has 1 unspecified atom stereocenters. The smallest absolute Gasteiger partial charge is 0.249 e. The quantitative estimate of drug-likeness (QED) is 0.728. The summed E-state index contributed by atoms with van der Waals surface area (Å²) in [6.45, 7) is 0. The molecule has 3 aromatic rings. The van der Waals surface area contributed by atoms with Gasteiger partial charge in [-0.15, -0.1) is 5.10 Å². The van der Waals surface area contributed by atoms with Crippen molar-refractivity contribution >= 4 is 38.2 Å². The van der Waals surface area contributed by atoms with Gasteiger partial charge in [0.2, 0.25) is 5.95 Å². The lowest BCUT2D eigenvalue weighted by molar-refractivity contribution is 0.602. The molecule has 9 heteroatoms. The van der Waals surface area contributed by atoms with E-state index in [1.807, 2.05) is 30.3 Å². The molecule has 0 saturated carbocycles. The Balaban J connectivity index is 1.55. The zero-order chi connectivity index (χ0) is 17.3. The summed E-state index contributed by atoms with van der Waals surface area (Å²) in [5, 5.41) is 15.2. The summed E-state index contributed by atoms with van der Waals surface area (Å²) >= 11 is 0. The van der Waals surface area contributed by atoms with E-state index in [1.165, 1.54) is 6.20 Å². The van der Waals surface area contributed by atoms with Crippen molar-refractivity contribution in [2.75, 3.05) is 22.1 Å². The minimum absolute atomic E-state index is 0.118. The van der Waals surface area contributed by atoms with E-state index in [1.54, 1.807) is 6.20 Å². The first kappa shape index (κ1) is 15.7. The van der Waals surface area contributed by atoms with Gasteiger partial charge in [0.25, 0.3) is 0 Å². The molecule has 4 rings (SSSR count). The molecular weight excluding hydrogens is 340 g/mol. The molecule has 2 aromatic heterocycles. The predicted octanol–water partition coefficient (Wildman–Crippen LogP) is 1.76. The Morgan fingerprint density at radius 1 is 1.16 bits per heavy atom. The number of para-hydroxylation sites is 1. The zero-order valence-corrected chi connectivity index (χ0v) is 14.1. The van der Waals surface area contributed by atoms with Crippen LogP contribution in [0.3, 0.4) is 0 Å². The Morgan fingerprint density at radius 3 is 2.88 bits per heavy atom. The fourth-order valence-electron chi connectivity index (χ4n) is 2.87. The van der Waals surface area contributed by atoms with E-state index in [-0.39, 0.29) is 17.5 Å². The molecule has 0 aliphatic carbocycles. The third kappa shape index (κ3) is 3.50. The molecule has 1 fully saturated rings. The standard InChI is InChI=1S/C16H16N6O2S/c23-25(24)8-6-12(10-25)19-14-9-18-22-16(21-14)20-13-5-1-3-11-4-2-7-17-15(11)13/h1-5,7,9,12H,6,8,10H2,(H2,19,20,21,22). The van der Waals surface area contributed by atoms with E-state index in [9.17, 15) is 8.42 Å². The summed E-state index contributed by atoms with van der Waals surface area (Å²) in [6.07, 6.45) is 3.78. The fourth-order valence-corrected chi connectivity index (χ4v) is 4.54. The molecule has 0 spiro atoms. The highest BCUT2D eigenvalue weighted by molar-refractivity contribution is 7.91. The van der Waals surface area contributed by atoms with E-state index in [4.69, 9.17) is 0 Å². The fraction of sp³-hybridized carbons (Fsp3) is 0.250. The number of rotatable bonds is 4. The molecule has 1 atom stereocenters. The van der Waals surface area contributed by atoms with Crippen LogP contribution in [0.4, 0.5) is 17.5 Å². The van der Waals surface area contributed by atoms with E-state index in [2.05, 4.69) is 30.8 Å². The van der Waals surface area contributed by atoms with E-state index in [0.29, 0.717) is 18.2 Å². The maximum absolute atomic E-state index is 11.6. The van der Waals surface area contributed by atoms with E-state index < -0.39 is 9.84 Å². The topological polar surface area (TPSA) is 110 Å². The summed E-state index contributed by atoms with van der Waals surface area (Å²) in [5.41, 5.74) is 1.59. The molecule has 1 aromatic carbocycles. The minimum Gasteiger partial charge on any atom is -0.365 e. The van der Waals surface area contributed by atoms with Crippen LogP contribution >= 0.6 is 0 Å². The Labute approximate surface area is 144 Å². The molecule has 1 aliphatic heterocycles. The molecular formula is C16H16N6O2S.